The number of carbonyl (C=O) groups excluding carboxylic acids is 3. The predicted octanol–water partition coefficient (Wildman–Crippen LogP) is 2.86. The number of ether oxygens (including phenoxy) is 1. The quantitative estimate of drug-likeness (QED) is 0.0885. The van der Waals surface area contributed by atoms with Gasteiger partial charge in [-0.05, 0) is 62.3 Å². The molecule has 4 atom stereocenters. The van der Waals surface area contributed by atoms with Gasteiger partial charge in [-0.3, -0.25) is 14.4 Å². The van der Waals surface area contributed by atoms with Crippen molar-refractivity contribution in [3.8, 4) is 5.75 Å². The minimum absolute atomic E-state index is 0.0929. The molecule has 0 spiro atoms. The molecule has 0 fully saturated rings. The first kappa shape index (κ1) is 34.8. The Morgan fingerprint density at radius 1 is 1.00 bits per heavy atom. The summed E-state index contributed by atoms with van der Waals surface area (Å²) in [5.74, 6) is -0.481. The molecule has 0 bridgehead atoms. The molecule has 0 radical (unpaired) electrons. The van der Waals surface area contributed by atoms with E-state index in [1.807, 2.05) is 42.5 Å². The maximum Gasteiger partial charge on any atom is 0.224 e. The summed E-state index contributed by atoms with van der Waals surface area (Å²) in [6.45, 7) is 3.48. The summed E-state index contributed by atoms with van der Waals surface area (Å²) in [6, 6.07) is 20.0. The van der Waals surface area contributed by atoms with Gasteiger partial charge in [0.2, 0.25) is 5.91 Å². The molecule has 44 heavy (non-hydrogen) atoms. The average molecular weight is 607 g/mol. The van der Waals surface area contributed by atoms with Crippen molar-refractivity contribution in [1.29, 1.82) is 0 Å². The molecule has 0 aliphatic rings. The zero-order valence-electron chi connectivity index (χ0n) is 25.6. The van der Waals surface area contributed by atoms with E-state index in [0.717, 1.165) is 41.3 Å². The van der Waals surface area contributed by atoms with Gasteiger partial charge in [0, 0.05) is 43.1 Å². The van der Waals surface area contributed by atoms with Crippen LogP contribution in [0.25, 0.3) is 10.8 Å². The molecule has 1 amide bonds. The van der Waals surface area contributed by atoms with Crippen LogP contribution in [0.5, 0.6) is 5.75 Å². The number of benzene rings is 3. The van der Waals surface area contributed by atoms with Crippen molar-refractivity contribution in [2.45, 2.75) is 76.1 Å². The SMILES string of the molecule is CC(=O)C(N)(CCO)C(=O)[C@@H](N)Cc1ccc(NC(=O)CCCCC(C)NCC(O)COc2cccc3ccccc23)cc1. The lowest BCUT2D eigenvalue weighted by atomic mass is 9.82. The third-order valence-corrected chi connectivity index (χ3v) is 7.78. The Bertz CT molecular complexity index is 1380. The number of amides is 1. The van der Waals surface area contributed by atoms with Gasteiger partial charge in [0.15, 0.2) is 11.6 Å². The van der Waals surface area contributed by atoms with Gasteiger partial charge in [-0.1, -0.05) is 55.0 Å². The maximum absolute atomic E-state index is 12.7. The number of aliphatic hydroxyl groups excluding tert-OH is 2. The Kier molecular flexibility index (Phi) is 13.4. The monoisotopic (exact) mass is 606 g/mol. The maximum atomic E-state index is 12.7. The van der Waals surface area contributed by atoms with Crippen LogP contribution >= 0.6 is 0 Å². The Balaban J connectivity index is 1.31. The molecule has 8 N–H and O–H groups in total. The largest absolute Gasteiger partial charge is 0.490 e. The van der Waals surface area contributed by atoms with Gasteiger partial charge < -0.3 is 37.1 Å². The third kappa shape index (κ3) is 10.2. The molecular weight excluding hydrogens is 560 g/mol. The summed E-state index contributed by atoms with van der Waals surface area (Å²) in [5.41, 5.74) is 11.6. The Labute approximate surface area is 259 Å². The highest BCUT2D eigenvalue weighted by Crippen LogP contribution is 2.25. The fourth-order valence-electron chi connectivity index (χ4n) is 5.02. The zero-order chi connectivity index (χ0) is 32.1. The normalized spacial score (nSPS) is 14.8. The van der Waals surface area contributed by atoms with Crippen LogP contribution in [0, 0.1) is 0 Å². The zero-order valence-corrected chi connectivity index (χ0v) is 25.6. The molecule has 10 heteroatoms. The Hall–Kier alpha value is -3.67. The Morgan fingerprint density at radius 2 is 1.70 bits per heavy atom. The fraction of sp³-hybridized carbons (Fsp3) is 0.441. The molecule has 0 saturated heterocycles. The van der Waals surface area contributed by atoms with Gasteiger partial charge in [-0.15, -0.1) is 0 Å². The summed E-state index contributed by atoms with van der Waals surface area (Å²) in [6.07, 6.45) is 2.17. The molecule has 0 saturated carbocycles. The number of hydrogen-bond acceptors (Lipinski definition) is 9. The van der Waals surface area contributed by atoms with E-state index >= 15 is 0 Å². The van der Waals surface area contributed by atoms with E-state index in [1.54, 1.807) is 24.3 Å². The Morgan fingerprint density at radius 3 is 2.41 bits per heavy atom. The van der Waals surface area contributed by atoms with Crippen molar-refractivity contribution in [1.82, 2.24) is 5.32 Å². The topological polar surface area (TPSA) is 177 Å². The lowest BCUT2D eigenvalue weighted by molar-refractivity contribution is -0.135. The smallest absolute Gasteiger partial charge is 0.224 e. The molecule has 0 aliphatic heterocycles. The third-order valence-electron chi connectivity index (χ3n) is 7.78. The van der Waals surface area contributed by atoms with Crippen LogP contribution in [0.2, 0.25) is 0 Å². The second-order valence-corrected chi connectivity index (χ2v) is 11.4. The summed E-state index contributed by atoms with van der Waals surface area (Å²) < 4.78 is 5.87. The number of fused-ring (bicyclic) bond motifs is 1. The number of unbranched alkanes of at least 4 members (excludes halogenated alkanes) is 1. The molecule has 3 rings (SSSR count). The van der Waals surface area contributed by atoms with Crippen LogP contribution in [0.1, 0.15) is 51.5 Å². The molecule has 3 aromatic carbocycles. The van der Waals surface area contributed by atoms with Crippen LogP contribution in [0.3, 0.4) is 0 Å². The summed E-state index contributed by atoms with van der Waals surface area (Å²) in [4.78, 5) is 37.0. The van der Waals surface area contributed by atoms with E-state index in [4.69, 9.17) is 16.2 Å². The summed E-state index contributed by atoms with van der Waals surface area (Å²) in [5, 5.41) is 27.9. The van der Waals surface area contributed by atoms with E-state index in [2.05, 4.69) is 17.6 Å². The van der Waals surface area contributed by atoms with Crippen molar-refractivity contribution in [3.63, 3.8) is 0 Å². The number of nitrogens with two attached hydrogens (primary N) is 2. The first-order chi connectivity index (χ1) is 21.0. The van der Waals surface area contributed by atoms with Crippen LogP contribution in [0.4, 0.5) is 5.69 Å². The predicted molar refractivity (Wildman–Crippen MR) is 172 cm³/mol. The van der Waals surface area contributed by atoms with Gasteiger partial charge in [-0.2, -0.15) is 0 Å². The van der Waals surface area contributed by atoms with E-state index in [9.17, 15) is 24.6 Å². The van der Waals surface area contributed by atoms with Crippen molar-refractivity contribution in [2.24, 2.45) is 11.5 Å². The van der Waals surface area contributed by atoms with Crippen molar-refractivity contribution in [2.75, 3.05) is 25.1 Å². The highest BCUT2D eigenvalue weighted by molar-refractivity contribution is 6.12. The number of anilines is 1. The van der Waals surface area contributed by atoms with Gasteiger partial charge >= 0.3 is 0 Å². The van der Waals surface area contributed by atoms with Gasteiger partial charge in [0.05, 0.1) is 6.04 Å². The fourth-order valence-corrected chi connectivity index (χ4v) is 5.02. The molecule has 0 heterocycles. The summed E-state index contributed by atoms with van der Waals surface area (Å²) >= 11 is 0. The number of aliphatic hydroxyl groups is 2. The van der Waals surface area contributed by atoms with Crippen molar-refractivity contribution < 1.29 is 29.3 Å². The van der Waals surface area contributed by atoms with Crippen LogP contribution in [-0.2, 0) is 20.8 Å². The summed E-state index contributed by atoms with van der Waals surface area (Å²) in [7, 11) is 0. The van der Waals surface area contributed by atoms with Crippen molar-refractivity contribution >= 4 is 33.9 Å². The lowest BCUT2D eigenvalue weighted by Gasteiger charge is -2.27. The van der Waals surface area contributed by atoms with E-state index in [-0.39, 0.29) is 31.4 Å². The van der Waals surface area contributed by atoms with E-state index < -0.39 is 35.9 Å². The standard InChI is InChI=1S/C34H46N4O6/c1-23(37-21-28(41)22-44-31-12-7-10-26-9-4-5-11-29(26)31)8-3-6-13-32(42)38-27-16-14-25(15-17-27)20-30(35)33(43)34(36,18-19-39)24(2)40/h4-5,7,9-12,14-17,23,28,30,37,39,41H,3,6,8,13,18-22,35-36H2,1-2H3,(H,38,42)/t23?,28?,30-,34?/m0/s1. The van der Waals surface area contributed by atoms with Crippen molar-refractivity contribution in [3.05, 3.63) is 72.3 Å². The molecule has 0 aromatic heterocycles. The lowest BCUT2D eigenvalue weighted by Crippen LogP contribution is -2.60. The number of carbonyl (C=O) groups is 3. The van der Waals surface area contributed by atoms with Gasteiger partial charge in [-0.25, -0.2) is 0 Å². The molecular formula is C34H46N4O6. The molecule has 3 unspecified atom stereocenters. The number of Topliss-reactive ketones (excluding diaryl/α,β-unsaturated/α-hetero) is 2. The van der Waals surface area contributed by atoms with E-state index in [0.29, 0.717) is 18.7 Å². The highest BCUT2D eigenvalue weighted by atomic mass is 16.5. The van der Waals surface area contributed by atoms with Crippen LogP contribution in [-0.4, -0.2) is 71.2 Å². The first-order valence-corrected chi connectivity index (χ1v) is 15.1. The molecule has 238 valence electrons. The number of rotatable bonds is 19. The first-order valence-electron chi connectivity index (χ1n) is 15.1. The highest BCUT2D eigenvalue weighted by Gasteiger charge is 2.41. The van der Waals surface area contributed by atoms with Gasteiger partial charge in [0.25, 0.3) is 0 Å². The number of ketones is 2. The van der Waals surface area contributed by atoms with Gasteiger partial charge in [0.1, 0.15) is 24.0 Å². The second-order valence-electron chi connectivity index (χ2n) is 11.4. The average Bonchev–Trinajstić information content (AvgIpc) is 3.01. The number of hydrogen-bond donors (Lipinski definition) is 6. The number of nitrogens with one attached hydrogen (secondary N) is 2. The molecule has 0 aliphatic carbocycles. The molecule has 10 nitrogen and oxygen atoms in total. The minimum Gasteiger partial charge on any atom is -0.490 e. The van der Waals surface area contributed by atoms with Crippen LogP contribution in [0.15, 0.2) is 66.7 Å². The second kappa shape index (κ2) is 17.0. The van der Waals surface area contributed by atoms with Crippen LogP contribution < -0.4 is 26.8 Å². The minimum atomic E-state index is -1.80. The van der Waals surface area contributed by atoms with E-state index in [1.165, 1.54) is 6.92 Å². The molecule has 3 aromatic rings.